The molecule has 0 fully saturated rings. The quantitative estimate of drug-likeness (QED) is 0.475. The highest BCUT2D eigenvalue weighted by molar-refractivity contribution is 14.1. The summed E-state index contributed by atoms with van der Waals surface area (Å²) in [4.78, 5) is 23.2. The van der Waals surface area contributed by atoms with Crippen molar-refractivity contribution in [2.45, 2.75) is 6.42 Å². The third-order valence-electron chi connectivity index (χ3n) is 2.47. The Morgan fingerprint density at radius 2 is 2.05 bits per heavy atom. The number of aromatic hydroxyl groups is 1. The van der Waals surface area contributed by atoms with Crippen molar-refractivity contribution >= 4 is 34.4 Å². The van der Waals surface area contributed by atoms with E-state index in [0.29, 0.717) is 13.2 Å². The number of methoxy groups -OCH3 is 1. The molecule has 2 amide bonds. The average molecular weight is 392 g/mol. The summed E-state index contributed by atoms with van der Waals surface area (Å²) in [5.74, 6) is -0.632. The highest BCUT2D eigenvalue weighted by Crippen LogP contribution is 2.19. The van der Waals surface area contributed by atoms with E-state index in [4.69, 9.17) is 4.74 Å². The molecule has 0 aliphatic carbocycles. The molecule has 0 aromatic heterocycles. The Labute approximate surface area is 131 Å². The molecule has 0 aliphatic heterocycles. The molecule has 110 valence electrons. The molecular weight excluding hydrogens is 375 g/mol. The van der Waals surface area contributed by atoms with Gasteiger partial charge in [-0.05, 0) is 40.8 Å². The standard InChI is InChI=1S/C13H17IN2O4/c1-20-7-6-15-12(18)4-5-16-13(19)10-8-9(14)2-3-11(10)17/h2-3,8,17H,4-7H2,1H3,(H,15,18)(H,16,19). The Bertz CT molecular complexity index is 479. The summed E-state index contributed by atoms with van der Waals surface area (Å²) in [5.41, 5.74) is 0.205. The Balaban J connectivity index is 2.36. The average Bonchev–Trinajstić information content (AvgIpc) is 2.41. The minimum Gasteiger partial charge on any atom is -0.507 e. The van der Waals surface area contributed by atoms with Gasteiger partial charge in [0.2, 0.25) is 5.91 Å². The van der Waals surface area contributed by atoms with Crippen molar-refractivity contribution in [1.82, 2.24) is 10.6 Å². The predicted molar refractivity (Wildman–Crippen MR) is 82.7 cm³/mol. The first-order valence-electron chi connectivity index (χ1n) is 6.07. The lowest BCUT2D eigenvalue weighted by molar-refractivity contribution is -0.121. The number of phenols is 1. The number of rotatable bonds is 7. The lowest BCUT2D eigenvalue weighted by Crippen LogP contribution is -2.32. The zero-order chi connectivity index (χ0) is 15.0. The van der Waals surface area contributed by atoms with Gasteiger partial charge in [-0.15, -0.1) is 0 Å². The molecule has 0 unspecified atom stereocenters. The number of amides is 2. The number of hydrogen-bond acceptors (Lipinski definition) is 4. The molecule has 0 aliphatic rings. The fourth-order valence-electron chi connectivity index (χ4n) is 1.46. The molecule has 7 heteroatoms. The Kier molecular flexibility index (Phi) is 7.31. The molecule has 0 radical (unpaired) electrons. The van der Waals surface area contributed by atoms with Gasteiger partial charge in [0.1, 0.15) is 5.75 Å². The van der Waals surface area contributed by atoms with Gasteiger partial charge < -0.3 is 20.5 Å². The fraction of sp³-hybridized carbons (Fsp3) is 0.385. The molecule has 20 heavy (non-hydrogen) atoms. The molecule has 1 rings (SSSR count). The van der Waals surface area contributed by atoms with Gasteiger partial charge in [0.25, 0.3) is 5.91 Å². The van der Waals surface area contributed by atoms with Gasteiger partial charge >= 0.3 is 0 Å². The molecule has 1 aromatic rings. The lowest BCUT2D eigenvalue weighted by Gasteiger charge is -2.08. The Hall–Kier alpha value is -1.35. The van der Waals surface area contributed by atoms with Crippen molar-refractivity contribution in [3.8, 4) is 5.75 Å². The number of ether oxygens (including phenoxy) is 1. The van der Waals surface area contributed by atoms with Crippen molar-refractivity contribution < 1.29 is 19.4 Å². The molecular formula is C13H17IN2O4. The summed E-state index contributed by atoms with van der Waals surface area (Å²) < 4.78 is 5.65. The van der Waals surface area contributed by atoms with E-state index in [1.165, 1.54) is 6.07 Å². The molecule has 0 saturated carbocycles. The first kappa shape index (κ1) is 16.7. The fourth-order valence-corrected chi connectivity index (χ4v) is 1.95. The van der Waals surface area contributed by atoms with Crippen molar-refractivity contribution in [3.05, 3.63) is 27.3 Å². The van der Waals surface area contributed by atoms with Crippen LogP contribution in [0, 0.1) is 3.57 Å². The molecule has 1 aromatic carbocycles. The summed E-state index contributed by atoms with van der Waals surface area (Å²) in [6, 6.07) is 4.76. The first-order chi connectivity index (χ1) is 9.54. The van der Waals surface area contributed by atoms with Gasteiger partial charge in [-0.25, -0.2) is 0 Å². The molecule has 0 heterocycles. The van der Waals surface area contributed by atoms with Crippen LogP contribution in [0.4, 0.5) is 0 Å². The summed E-state index contributed by atoms with van der Waals surface area (Å²) in [6.45, 7) is 1.11. The van der Waals surface area contributed by atoms with Gasteiger partial charge in [0.15, 0.2) is 0 Å². The van der Waals surface area contributed by atoms with Crippen molar-refractivity contribution in [2.24, 2.45) is 0 Å². The number of phenolic OH excluding ortho intramolecular Hbond substituents is 1. The van der Waals surface area contributed by atoms with Crippen LogP contribution < -0.4 is 10.6 Å². The molecule has 0 spiro atoms. The summed E-state index contributed by atoms with van der Waals surface area (Å²) in [6.07, 6.45) is 0.181. The number of carbonyl (C=O) groups excluding carboxylic acids is 2. The van der Waals surface area contributed by atoms with E-state index in [2.05, 4.69) is 33.2 Å². The highest BCUT2D eigenvalue weighted by atomic mass is 127. The topological polar surface area (TPSA) is 87.7 Å². The summed E-state index contributed by atoms with van der Waals surface area (Å²) in [5, 5.41) is 14.8. The van der Waals surface area contributed by atoms with Crippen LogP contribution in [0.1, 0.15) is 16.8 Å². The largest absolute Gasteiger partial charge is 0.507 e. The van der Waals surface area contributed by atoms with Crippen LogP contribution in [-0.2, 0) is 9.53 Å². The zero-order valence-electron chi connectivity index (χ0n) is 11.1. The number of hydrogen-bond donors (Lipinski definition) is 3. The third kappa shape index (κ3) is 5.74. The van der Waals surface area contributed by atoms with E-state index < -0.39 is 5.91 Å². The monoisotopic (exact) mass is 392 g/mol. The van der Waals surface area contributed by atoms with Gasteiger partial charge in [-0.1, -0.05) is 0 Å². The Morgan fingerprint density at radius 3 is 2.75 bits per heavy atom. The third-order valence-corrected chi connectivity index (χ3v) is 3.14. The maximum atomic E-state index is 11.8. The van der Waals surface area contributed by atoms with Crippen molar-refractivity contribution in [1.29, 1.82) is 0 Å². The van der Waals surface area contributed by atoms with Crippen LogP contribution >= 0.6 is 22.6 Å². The van der Waals surface area contributed by atoms with E-state index in [9.17, 15) is 14.7 Å². The van der Waals surface area contributed by atoms with E-state index in [0.717, 1.165) is 3.57 Å². The first-order valence-corrected chi connectivity index (χ1v) is 7.15. The molecule has 0 saturated heterocycles. The molecule has 3 N–H and O–H groups in total. The number of carbonyl (C=O) groups is 2. The number of benzene rings is 1. The van der Waals surface area contributed by atoms with Crippen molar-refractivity contribution in [3.63, 3.8) is 0 Å². The minimum atomic E-state index is -0.397. The molecule has 0 bridgehead atoms. The van der Waals surface area contributed by atoms with Crippen molar-refractivity contribution in [2.75, 3.05) is 26.8 Å². The maximum Gasteiger partial charge on any atom is 0.255 e. The maximum absolute atomic E-state index is 11.8. The van der Waals surface area contributed by atoms with Gasteiger partial charge in [0.05, 0.1) is 12.2 Å². The molecule has 6 nitrogen and oxygen atoms in total. The van der Waals surface area contributed by atoms with Crippen LogP contribution in [0.15, 0.2) is 18.2 Å². The second-order valence-electron chi connectivity index (χ2n) is 4.01. The number of nitrogens with one attached hydrogen (secondary N) is 2. The van der Waals surface area contributed by atoms with E-state index in [1.54, 1.807) is 19.2 Å². The van der Waals surface area contributed by atoms with Gasteiger partial charge in [-0.3, -0.25) is 9.59 Å². The van der Waals surface area contributed by atoms with E-state index >= 15 is 0 Å². The second-order valence-corrected chi connectivity index (χ2v) is 5.26. The van der Waals surface area contributed by atoms with Crippen LogP contribution in [0.25, 0.3) is 0 Å². The van der Waals surface area contributed by atoms with Crippen LogP contribution in [0.2, 0.25) is 0 Å². The zero-order valence-corrected chi connectivity index (χ0v) is 13.3. The van der Waals surface area contributed by atoms with Crippen LogP contribution in [-0.4, -0.2) is 43.7 Å². The number of halogens is 1. The normalized spacial score (nSPS) is 10.1. The smallest absolute Gasteiger partial charge is 0.255 e. The Morgan fingerprint density at radius 1 is 1.30 bits per heavy atom. The van der Waals surface area contributed by atoms with Gasteiger partial charge in [-0.2, -0.15) is 0 Å². The van der Waals surface area contributed by atoms with Gasteiger partial charge in [0, 0.05) is 30.2 Å². The minimum absolute atomic E-state index is 0.0764. The highest BCUT2D eigenvalue weighted by Gasteiger charge is 2.11. The van der Waals surface area contributed by atoms with Crippen LogP contribution in [0.5, 0.6) is 5.75 Å². The summed E-state index contributed by atoms with van der Waals surface area (Å²) >= 11 is 2.06. The van der Waals surface area contributed by atoms with Crippen LogP contribution in [0.3, 0.4) is 0 Å². The second kappa shape index (κ2) is 8.75. The van der Waals surface area contributed by atoms with E-state index in [-0.39, 0.29) is 30.2 Å². The SMILES string of the molecule is COCCNC(=O)CCNC(=O)c1cc(I)ccc1O. The van der Waals surface area contributed by atoms with E-state index in [1.807, 2.05) is 0 Å². The predicted octanol–water partition coefficient (Wildman–Crippen LogP) is 0.879. The summed E-state index contributed by atoms with van der Waals surface area (Å²) in [7, 11) is 1.56. The lowest BCUT2D eigenvalue weighted by atomic mass is 10.2. The molecule has 0 atom stereocenters.